The Balaban J connectivity index is 1.66. The van der Waals surface area contributed by atoms with Gasteiger partial charge in [-0.1, -0.05) is 41.7 Å². The highest BCUT2D eigenvalue weighted by Crippen LogP contribution is 2.31. The summed E-state index contributed by atoms with van der Waals surface area (Å²) < 4.78 is 18.6. The lowest BCUT2D eigenvalue weighted by molar-refractivity contribution is -0.141. The minimum Gasteiger partial charge on any atom is -0.486 e. The molecule has 1 amide bonds. The highest BCUT2D eigenvalue weighted by Gasteiger charge is 2.17. The second-order valence-electron chi connectivity index (χ2n) is 6.96. The van der Waals surface area contributed by atoms with Gasteiger partial charge in [0.2, 0.25) is 0 Å². The van der Waals surface area contributed by atoms with Crippen molar-refractivity contribution in [3.8, 4) is 11.5 Å². The van der Waals surface area contributed by atoms with Crippen LogP contribution in [0.1, 0.15) is 10.4 Å². The number of esters is 1. The van der Waals surface area contributed by atoms with Crippen LogP contribution in [0.3, 0.4) is 0 Å². The average Bonchev–Trinajstić information content (AvgIpc) is 3.15. The molecule has 1 aliphatic rings. The summed E-state index contributed by atoms with van der Waals surface area (Å²) in [5, 5.41) is 2.11. The van der Waals surface area contributed by atoms with Gasteiger partial charge in [0.05, 0.1) is 17.3 Å². The molecule has 4 aromatic rings. The molecular formula is C23H18N2O5S. The number of benzene rings is 3. The van der Waals surface area contributed by atoms with Gasteiger partial charge in [0, 0.05) is 10.9 Å². The van der Waals surface area contributed by atoms with Crippen LogP contribution in [0.25, 0.3) is 21.0 Å². The Bertz CT molecular complexity index is 1400. The standard InChI is InChI=1S/C23H18N2O5S/c1-28-20(26)13-25-17-8-6-14-4-2-3-5-16(14)21(17)31-23(25)24-22(27)15-7-9-18-19(12-15)30-11-10-29-18/h2-9,12H,10-11,13H2,1H3. The number of methoxy groups -OCH3 is 1. The molecule has 1 aliphatic heterocycles. The van der Waals surface area contributed by atoms with Crippen molar-refractivity contribution in [2.24, 2.45) is 4.99 Å². The molecule has 3 aromatic carbocycles. The first kappa shape index (κ1) is 19.3. The van der Waals surface area contributed by atoms with Crippen LogP contribution in [0.4, 0.5) is 0 Å². The molecule has 0 N–H and O–H groups in total. The van der Waals surface area contributed by atoms with Crippen molar-refractivity contribution in [1.82, 2.24) is 4.57 Å². The minimum atomic E-state index is -0.425. The molecule has 1 aromatic heterocycles. The van der Waals surface area contributed by atoms with Gasteiger partial charge >= 0.3 is 5.97 Å². The molecule has 0 unspecified atom stereocenters. The van der Waals surface area contributed by atoms with Gasteiger partial charge in [0.15, 0.2) is 16.3 Å². The number of aromatic nitrogens is 1. The number of hydrogen-bond donors (Lipinski definition) is 0. The Morgan fingerprint density at radius 1 is 1.06 bits per heavy atom. The van der Waals surface area contributed by atoms with E-state index in [0.717, 1.165) is 21.0 Å². The highest BCUT2D eigenvalue weighted by atomic mass is 32.1. The van der Waals surface area contributed by atoms with Crippen LogP contribution in [-0.4, -0.2) is 36.8 Å². The first-order chi connectivity index (χ1) is 15.1. The lowest BCUT2D eigenvalue weighted by Gasteiger charge is -2.18. The summed E-state index contributed by atoms with van der Waals surface area (Å²) in [7, 11) is 1.34. The molecule has 31 heavy (non-hydrogen) atoms. The van der Waals surface area contributed by atoms with E-state index in [1.165, 1.54) is 18.4 Å². The molecule has 0 atom stereocenters. The number of ether oxygens (including phenoxy) is 3. The topological polar surface area (TPSA) is 79.1 Å². The van der Waals surface area contributed by atoms with Gasteiger partial charge < -0.3 is 18.8 Å². The zero-order valence-corrected chi connectivity index (χ0v) is 17.5. The van der Waals surface area contributed by atoms with Crippen molar-refractivity contribution in [3.63, 3.8) is 0 Å². The van der Waals surface area contributed by atoms with E-state index in [0.29, 0.717) is 35.1 Å². The van der Waals surface area contributed by atoms with Crippen molar-refractivity contribution in [1.29, 1.82) is 0 Å². The maximum Gasteiger partial charge on any atom is 0.325 e. The van der Waals surface area contributed by atoms with Gasteiger partial charge in [-0.2, -0.15) is 4.99 Å². The first-order valence-electron chi connectivity index (χ1n) is 9.70. The smallest absolute Gasteiger partial charge is 0.325 e. The minimum absolute atomic E-state index is 0.0396. The summed E-state index contributed by atoms with van der Waals surface area (Å²) in [4.78, 5) is 29.8. The number of thiazole rings is 1. The zero-order chi connectivity index (χ0) is 21.4. The summed E-state index contributed by atoms with van der Waals surface area (Å²) >= 11 is 1.37. The molecule has 156 valence electrons. The number of fused-ring (bicyclic) bond motifs is 4. The van der Waals surface area contributed by atoms with Gasteiger partial charge in [-0.25, -0.2) is 0 Å². The summed E-state index contributed by atoms with van der Waals surface area (Å²) in [6.45, 7) is 0.875. The summed E-state index contributed by atoms with van der Waals surface area (Å²) in [6.07, 6.45) is 0. The normalized spacial score (nSPS) is 13.5. The van der Waals surface area contributed by atoms with Crippen molar-refractivity contribution >= 4 is 44.2 Å². The van der Waals surface area contributed by atoms with Crippen LogP contribution in [0.15, 0.2) is 59.6 Å². The number of amides is 1. The number of nitrogens with zero attached hydrogens (tertiary/aromatic N) is 2. The van der Waals surface area contributed by atoms with Crippen molar-refractivity contribution < 1.29 is 23.8 Å². The third-order valence-corrected chi connectivity index (χ3v) is 6.20. The number of carbonyl (C=O) groups excluding carboxylic acids is 2. The van der Waals surface area contributed by atoms with Crippen LogP contribution in [0.2, 0.25) is 0 Å². The summed E-state index contributed by atoms with van der Waals surface area (Å²) in [5.74, 6) is 0.293. The molecule has 5 rings (SSSR count). The predicted molar refractivity (Wildman–Crippen MR) is 117 cm³/mol. The number of rotatable bonds is 3. The molecule has 0 aliphatic carbocycles. The molecular weight excluding hydrogens is 416 g/mol. The third kappa shape index (κ3) is 3.55. The Labute approximate surface area is 181 Å². The van der Waals surface area contributed by atoms with E-state index in [-0.39, 0.29) is 6.54 Å². The fraction of sp³-hybridized carbons (Fsp3) is 0.174. The molecule has 0 spiro atoms. The monoisotopic (exact) mass is 434 g/mol. The fourth-order valence-corrected chi connectivity index (χ4v) is 4.72. The fourth-order valence-electron chi connectivity index (χ4n) is 3.56. The largest absolute Gasteiger partial charge is 0.486 e. The van der Waals surface area contributed by atoms with Gasteiger partial charge in [-0.05, 0) is 29.7 Å². The highest BCUT2D eigenvalue weighted by molar-refractivity contribution is 7.17. The maximum atomic E-state index is 13.0. The van der Waals surface area contributed by atoms with Gasteiger partial charge in [-0.3, -0.25) is 9.59 Å². The van der Waals surface area contributed by atoms with E-state index in [2.05, 4.69) is 4.99 Å². The molecule has 0 radical (unpaired) electrons. The Hall–Kier alpha value is -3.65. The van der Waals surface area contributed by atoms with E-state index in [4.69, 9.17) is 14.2 Å². The molecule has 8 heteroatoms. The van der Waals surface area contributed by atoms with Crippen LogP contribution >= 0.6 is 11.3 Å². The van der Waals surface area contributed by atoms with Gasteiger partial charge in [-0.15, -0.1) is 0 Å². The lowest BCUT2D eigenvalue weighted by atomic mass is 10.1. The van der Waals surface area contributed by atoms with Crippen molar-refractivity contribution in [3.05, 3.63) is 65.0 Å². The molecule has 7 nitrogen and oxygen atoms in total. The molecule has 0 saturated carbocycles. The van der Waals surface area contributed by atoms with E-state index >= 15 is 0 Å². The van der Waals surface area contributed by atoms with Crippen molar-refractivity contribution in [2.75, 3.05) is 20.3 Å². The van der Waals surface area contributed by atoms with E-state index in [9.17, 15) is 9.59 Å². The lowest BCUT2D eigenvalue weighted by Crippen LogP contribution is -2.22. The Morgan fingerprint density at radius 2 is 1.87 bits per heavy atom. The van der Waals surface area contributed by atoms with Gasteiger partial charge in [0.25, 0.3) is 5.91 Å². The molecule has 0 bridgehead atoms. The SMILES string of the molecule is COC(=O)Cn1c(=NC(=O)c2ccc3c(c2)OCCO3)sc2c3ccccc3ccc21. The van der Waals surface area contributed by atoms with E-state index in [1.807, 2.05) is 36.4 Å². The quantitative estimate of drug-likeness (QED) is 0.461. The summed E-state index contributed by atoms with van der Waals surface area (Å²) in [5.41, 5.74) is 1.21. The molecule has 0 fully saturated rings. The second kappa shape index (κ2) is 7.88. The Morgan fingerprint density at radius 3 is 2.71 bits per heavy atom. The average molecular weight is 434 g/mol. The third-order valence-electron chi connectivity index (χ3n) is 5.08. The van der Waals surface area contributed by atoms with Gasteiger partial charge in [0.1, 0.15) is 19.8 Å². The second-order valence-corrected chi connectivity index (χ2v) is 7.93. The predicted octanol–water partition coefficient (Wildman–Crippen LogP) is 3.54. The first-order valence-corrected chi connectivity index (χ1v) is 10.5. The Kier molecular flexibility index (Phi) is 4.91. The molecule has 2 heterocycles. The summed E-state index contributed by atoms with van der Waals surface area (Å²) in [6, 6.07) is 16.9. The molecule has 0 saturated heterocycles. The van der Waals surface area contributed by atoms with Crippen molar-refractivity contribution in [2.45, 2.75) is 6.54 Å². The maximum absolute atomic E-state index is 13.0. The van der Waals surface area contributed by atoms with Crippen LogP contribution in [0.5, 0.6) is 11.5 Å². The van der Waals surface area contributed by atoms with Crippen LogP contribution in [-0.2, 0) is 16.1 Å². The number of hydrogen-bond acceptors (Lipinski definition) is 6. The number of carbonyl (C=O) groups is 2. The van der Waals surface area contributed by atoms with E-state index < -0.39 is 11.9 Å². The van der Waals surface area contributed by atoms with Crippen LogP contribution in [0, 0.1) is 0 Å². The zero-order valence-electron chi connectivity index (χ0n) is 16.7. The van der Waals surface area contributed by atoms with Crippen LogP contribution < -0.4 is 14.3 Å². The van der Waals surface area contributed by atoms with E-state index in [1.54, 1.807) is 22.8 Å².